The fraction of sp³-hybridized carbons (Fsp3) is 0.333. The molecule has 0 saturated carbocycles. The van der Waals surface area contributed by atoms with Gasteiger partial charge in [0.05, 0.1) is 29.4 Å². The molecule has 0 spiro atoms. The number of aromatic nitrogens is 3. The van der Waals surface area contributed by atoms with Crippen LogP contribution in [0.1, 0.15) is 42.4 Å². The number of ether oxygens (including phenoxy) is 1. The highest BCUT2D eigenvalue weighted by Gasteiger charge is 2.40. The second-order valence-electron chi connectivity index (χ2n) is 9.07. The summed E-state index contributed by atoms with van der Waals surface area (Å²) in [7, 11) is 3.82. The third kappa shape index (κ3) is 5.26. The van der Waals surface area contributed by atoms with Crippen molar-refractivity contribution in [3.63, 3.8) is 0 Å². The maximum absolute atomic E-state index is 13.6. The molecule has 1 aromatic heterocycles. The first-order valence-corrected chi connectivity index (χ1v) is 12.0. The zero-order chi connectivity index (χ0) is 27.6. The number of likely N-dealkylation sites (N-methyl/N-ethyl adjacent to an activating group) is 1. The Morgan fingerprint density at radius 3 is 2.50 bits per heavy atom. The van der Waals surface area contributed by atoms with E-state index in [1.807, 2.05) is 19.0 Å². The minimum Gasteiger partial charge on any atom is -0.463 e. The lowest BCUT2D eigenvalue weighted by Crippen LogP contribution is -2.34. The van der Waals surface area contributed by atoms with Crippen LogP contribution in [0.15, 0.2) is 59.8 Å². The Balaban J connectivity index is 1.97. The monoisotopic (exact) mass is 524 g/mol. The Kier molecular flexibility index (Phi) is 7.55. The Hall–Kier alpha value is -4.17. The summed E-state index contributed by atoms with van der Waals surface area (Å²) >= 11 is 0. The number of nitrogens with zero attached hydrogens (tertiary/aromatic N) is 6. The number of allylic oxidation sites excluding steroid dienone is 1. The SMILES string of the molecule is CCOC(=O)C1=C(C)N(c2cccc(C(F)(F)F)c2)c2nc(CCN(C)C)nn2C1c1ccc(C#N)cc1. The number of benzene rings is 2. The van der Waals surface area contributed by atoms with Crippen molar-refractivity contribution in [2.45, 2.75) is 32.5 Å². The lowest BCUT2D eigenvalue weighted by Gasteiger charge is -2.35. The maximum atomic E-state index is 13.6. The number of rotatable bonds is 7. The molecule has 11 heteroatoms. The van der Waals surface area contributed by atoms with Gasteiger partial charge in [-0.05, 0) is 63.8 Å². The zero-order valence-corrected chi connectivity index (χ0v) is 21.5. The van der Waals surface area contributed by atoms with Gasteiger partial charge in [0, 0.05) is 24.4 Å². The van der Waals surface area contributed by atoms with Gasteiger partial charge in [0.25, 0.3) is 0 Å². The average Bonchev–Trinajstić information content (AvgIpc) is 3.30. The lowest BCUT2D eigenvalue weighted by atomic mass is 9.94. The largest absolute Gasteiger partial charge is 0.463 e. The van der Waals surface area contributed by atoms with Crippen LogP contribution in [0.3, 0.4) is 0 Å². The highest BCUT2D eigenvalue weighted by atomic mass is 19.4. The molecular weight excluding hydrogens is 497 g/mol. The summed E-state index contributed by atoms with van der Waals surface area (Å²) < 4.78 is 47.7. The summed E-state index contributed by atoms with van der Waals surface area (Å²) in [6, 6.07) is 12.9. The van der Waals surface area contributed by atoms with Crippen molar-refractivity contribution in [2.24, 2.45) is 0 Å². The van der Waals surface area contributed by atoms with E-state index < -0.39 is 23.8 Å². The minimum atomic E-state index is -4.55. The molecule has 0 radical (unpaired) electrons. The van der Waals surface area contributed by atoms with E-state index in [-0.39, 0.29) is 23.8 Å². The van der Waals surface area contributed by atoms with Crippen molar-refractivity contribution in [2.75, 3.05) is 32.1 Å². The summed E-state index contributed by atoms with van der Waals surface area (Å²) in [5, 5.41) is 14.0. The molecule has 1 unspecified atom stereocenters. The Bertz CT molecular complexity index is 1400. The molecule has 0 saturated heterocycles. The lowest BCUT2D eigenvalue weighted by molar-refractivity contribution is -0.139. The molecule has 8 nitrogen and oxygen atoms in total. The van der Waals surface area contributed by atoms with Crippen molar-refractivity contribution in [1.82, 2.24) is 19.7 Å². The van der Waals surface area contributed by atoms with Gasteiger partial charge >= 0.3 is 12.1 Å². The van der Waals surface area contributed by atoms with Crippen molar-refractivity contribution in [1.29, 1.82) is 5.26 Å². The van der Waals surface area contributed by atoms with E-state index in [0.717, 1.165) is 12.1 Å². The van der Waals surface area contributed by atoms with E-state index in [2.05, 4.69) is 6.07 Å². The number of nitriles is 1. The highest BCUT2D eigenvalue weighted by molar-refractivity contribution is 5.93. The first-order chi connectivity index (χ1) is 18.0. The van der Waals surface area contributed by atoms with Gasteiger partial charge in [0.15, 0.2) is 5.82 Å². The Morgan fingerprint density at radius 1 is 1.18 bits per heavy atom. The number of fused-ring (bicyclic) bond motifs is 1. The van der Waals surface area contributed by atoms with Gasteiger partial charge in [-0.15, -0.1) is 0 Å². The second-order valence-corrected chi connectivity index (χ2v) is 9.07. The number of hydrogen-bond donors (Lipinski definition) is 0. The number of carbonyl (C=O) groups is 1. The van der Waals surface area contributed by atoms with Crippen LogP contribution in [0, 0.1) is 11.3 Å². The van der Waals surface area contributed by atoms with Gasteiger partial charge < -0.3 is 9.64 Å². The molecule has 0 N–H and O–H groups in total. The van der Waals surface area contributed by atoms with Crippen LogP contribution < -0.4 is 4.90 Å². The second kappa shape index (κ2) is 10.7. The van der Waals surface area contributed by atoms with Crippen LogP contribution in [0.5, 0.6) is 0 Å². The molecule has 4 rings (SSSR count). The van der Waals surface area contributed by atoms with Gasteiger partial charge in [-0.3, -0.25) is 4.90 Å². The van der Waals surface area contributed by atoms with E-state index in [9.17, 15) is 23.2 Å². The molecule has 2 aromatic carbocycles. The molecule has 38 heavy (non-hydrogen) atoms. The molecule has 0 aliphatic carbocycles. The minimum absolute atomic E-state index is 0.109. The Morgan fingerprint density at radius 2 is 1.89 bits per heavy atom. The quantitative estimate of drug-likeness (QED) is 0.409. The topological polar surface area (TPSA) is 87.3 Å². The van der Waals surface area contributed by atoms with E-state index in [0.29, 0.717) is 35.6 Å². The molecule has 1 aliphatic heterocycles. The predicted molar refractivity (Wildman–Crippen MR) is 134 cm³/mol. The van der Waals surface area contributed by atoms with Gasteiger partial charge in [0.2, 0.25) is 5.95 Å². The normalized spacial score (nSPS) is 15.4. The Labute approximate surface area is 218 Å². The van der Waals surface area contributed by atoms with Gasteiger partial charge in [-0.2, -0.15) is 28.5 Å². The van der Waals surface area contributed by atoms with E-state index in [1.165, 1.54) is 17.0 Å². The molecule has 3 aromatic rings. The van der Waals surface area contributed by atoms with Crippen LogP contribution in [0.25, 0.3) is 0 Å². The average molecular weight is 525 g/mol. The summed E-state index contributed by atoms with van der Waals surface area (Å²) in [4.78, 5) is 21.5. The van der Waals surface area contributed by atoms with Gasteiger partial charge in [-0.25, -0.2) is 9.48 Å². The van der Waals surface area contributed by atoms with Crippen LogP contribution in [0.2, 0.25) is 0 Å². The van der Waals surface area contributed by atoms with Crippen LogP contribution in [-0.4, -0.2) is 52.9 Å². The standard InChI is InChI=1S/C27H27F3N6O2/c1-5-38-25(37)23-17(2)35(21-8-6-7-20(15-21)27(28,29)30)26-32-22(13-14-34(3)4)33-36(26)24(23)19-11-9-18(16-31)10-12-19/h6-12,15,24H,5,13-14H2,1-4H3. The van der Waals surface area contributed by atoms with Crippen molar-refractivity contribution >= 4 is 17.6 Å². The molecule has 0 bridgehead atoms. The smallest absolute Gasteiger partial charge is 0.416 e. The maximum Gasteiger partial charge on any atom is 0.416 e. The van der Waals surface area contributed by atoms with Gasteiger partial charge in [-0.1, -0.05) is 18.2 Å². The van der Waals surface area contributed by atoms with Crippen molar-refractivity contribution in [3.8, 4) is 6.07 Å². The van der Waals surface area contributed by atoms with E-state index in [4.69, 9.17) is 14.8 Å². The van der Waals surface area contributed by atoms with Crippen LogP contribution >= 0.6 is 0 Å². The van der Waals surface area contributed by atoms with Crippen LogP contribution in [-0.2, 0) is 22.1 Å². The number of alkyl halides is 3. The first-order valence-electron chi connectivity index (χ1n) is 12.0. The molecule has 1 atom stereocenters. The molecule has 0 fully saturated rings. The van der Waals surface area contributed by atoms with Gasteiger partial charge in [0.1, 0.15) is 6.04 Å². The predicted octanol–water partition coefficient (Wildman–Crippen LogP) is 4.85. The number of halogens is 3. The number of anilines is 2. The fourth-order valence-electron chi connectivity index (χ4n) is 4.35. The number of esters is 1. The highest BCUT2D eigenvalue weighted by Crippen LogP contribution is 2.43. The summed E-state index contributed by atoms with van der Waals surface area (Å²) in [6.45, 7) is 4.09. The molecule has 1 aliphatic rings. The molecular formula is C27H27F3N6O2. The summed E-state index contributed by atoms with van der Waals surface area (Å²) in [5.74, 6) is 0.132. The van der Waals surface area contributed by atoms with E-state index >= 15 is 0 Å². The van der Waals surface area contributed by atoms with Crippen molar-refractivity contribution < 1.29 is 22.7 Å². The number of carbonyl (C=O) groups excluding carboxylic acids is 1. The molecule has 0 amide bonds. The van der Waals surface area contributed by atoms with Crippen molar-refractivity contribution in [3.05, 3.63) is 82.3 Å². The third-order valence-corrected chi connectivity index (χ3v) is 6.17. The fourth-order valence-corrected chi connectivity index (χ4v) is 4.35. The zero-order valence-electron chi connectivity index (χ0n) is 21.5. The third-order valence-electron chi connectivity index (χ3n) is 6.17. The van der Waals surface area contributed by atoms with Crippen LogP contribution in [0.4, 0.5) is 24.8 Å². The molecule has 2 heterocycles. The summed E-state index contributed by atoms with van der Waals surface area (Å²) in [5.41, 5.74) is 1.04. The summed E-state index contributed by atoms with van der Waals surface area (Å²) in [6.07, 6.45) is -4.07. The van der Waals surface area contributed by atoms with E-state index in [1.54, 1.807) is 42.8 Å². The number of hydrogen-bond acceptors (Lipinski definition) is 7. The first kappa shape index (κ1) is 26.9. The molecule has 198 valence electrons.